The van der Waals surface area contributed by atoms with Crippen LogP contribution in [-0.4, -0.2) is 24.4 Å². The van der Waals surface area contributed by atoms with Crippen LogP contribution < -0.4 is 4.90 Å². The minimum Gasteiger partial charge on any atom is -0.462 e. The highest BCUT2D eigenvalue weighted by atomic mass is 16.5. The second-order valence-corrected chi connectivity index (χ2v) is 7.40. The molecule has 4 rings (SSSR count). The summed E-state index contributed by atoms with van der Waals surface area (Å²) in [6.07, 6.45) is 4.81. The minimum atomic E-state index is -0.468. The monoisotopic (exact) mass is 341 g/mol. The fraction of sp³-hybridized carbons (Fsp3) is 0.550. The zero-order valence-corrected chi connectivity index (χ0v) is 14.4. The minimum absolute atomic E-state index is 0.129. The van der Waals surface area contributed by atoms with Crippen molar-refractivity contribution in [2.45, 2.75) is 39.0 Å². The molecule has 2 saturated carbocycles. The average molecular weight is 341 g/mol. The van der Waals surface area contributed by atoms with E-state index in [4.69, 9.17) is 4.74 Å². The van der Waals surface area contributed by atoms with Gasteiger partial charge in [0.1, 0.15) is 0 Å². The number of fused-ring (bicyclic) bond motifs is 5. The number of imide groups is 1. The molecule has 1 aromatic rings. The highest BCUT2D eigenvalue weighted by Gasteiger charge is 2.61. The molecule has 2 aliphatic carbocycles. The summed E-state index contributed by atoms with van der Waals surface area (Å²) in [4.78, 5) is 39.6. The summed E-state index contributed by atoms with van der Waals surface area (Å²) in [7, 11) is 0. The number of carbonyl (C=O) groups excluding carboxylic acids is 3. The van der Waals surface area contributed by atoms with Crippen molar-refractivity contribution in [1.29, 1.82) is 0 Å². The Morgan fingerprint density at radius 1 is 1.12 bits per heavy atom. The van der Waals surface area contributed by atoms with E-state index in [2.05, 4.69) is 0 Å². The largest absolute Gasteiger partial charge is 0.462 e. The molecule has 132 valence electrons. The Kier molecular flexibility index (Phi) is 4.10. The average Bonchev–Trinajstić information content (AvgIpc) is 3.29. The second-order valence-electron chi connectivity index (χ2n) is 7.40. The van der Waals surface area contributed by atoms with E-state index in [-0.39, 0.29) is 23.7 Å². The van der Waals surface area contributed by atoms with E-state index in [1.165, 1.54) is 4.90 Å². The predicted molar refractivity (Wildman–Crippen MR) is 91.9 cm³/mol. The zero-order valence-electron chi connectivity index (χ0n) is 14.4. The van der Waals surface area contributed by atoms with Gasteiger partial charge < -0.3 is 4.74 Å². The lowest BCUT2D eigenvalue weighted by Crippen LogP contribution is -2.34. The van der Waals surface area contributed by atoms with Gasteiger partial charge in [-0.25, -0.2) is 9.69 Å². The molecule has 3 fully saturated rings. The van der Waals surface area contributed by atoms with Gasteiger partial charge in [-0.3, -0.25) is 9.59 Å². The van der Waals surface area contributed by atoms with Crippen LogP contribution in [0.5, 0.6) is 0 Å². The zero-order chi connectivity index (χ0) is 17.6. The summed E-state index contributed by atoms with van der Waals surface area (Å²) in [6.45, 7) is 2.37. The van der Waals surface area contributed by atoms with Crippen LogP contribution >= 0.6 is 0 Å². The molecule has 5 heteroatoms. The lowest BCUT2D eigenvalue weighted by molar-refractivity contribution is -0.123. The van der Waals surface area contributed by atoms with Crippen molar-refractivity contribution >= 4 is 23.5 Å². The molecular formula is C20H23NO4. The summed E-state index contributed by atoms with van der Waals surface area (Å²) in [5, 5.41) is 0. The van der Waals surface area contributed by atoms with Crippen molar-refractivity contribution in [2.75, 3.05) is 11.5 Å². The lowest BCUT2D eigenvalue weighted by Gasteiger charge is -2.19. The van der Waals surface area contributed by atoms with Crippen LogP contribution in [0.15, 0.2) is 24.3 Å². The third kappa shape index (κ3) is 2.48. The SMILES string of the molecule is CCCCOC(=O)c1ccccc1N1C(=O)[C@H]2[C@@H]3CC[C@@H](C3)[C@@H]2C1=O. The van der Waals surface area contributed by atoms with Gasteiger partial charge >= 0.3 is 5.97 Å². The number of hydrogen-bond donors (Lipinski definition) is 0. The molecule has 4 atom stereocenters. The van der Waals surface area contributed by atoms with E-state index in [9.17, 15) is 14.4 Å². The van der Waals surface area contributed by atoms with Crippen LogP contribution in [0, 0.1) is 23.7 Å². The van der Waals surface area contributed by atoms with Gasteiger partial charge in [-0.05, 0) is 49.7 Å². The van der Waals surface area contributed by atoms with Crippen molar-refractivity contribution in [3.05, 3.63) is 29.8 Å². The molecule has 0 spiro atoms. The number of carbonyl (C=O) groups is 3. The van der Waals surface area contributed by atoms with E-state index >= 15 is 0 Å². The number of ether oxygens (including phenoxy) is 1. The van der Waals surface area contributed by atoms with Crippen LogP contribution in [-0.2, 0) is 14.3 Å². The summed E-state index contributed by atoms with van der Waals surface area (Å²) >= 11 is 0. The smallest absolute Gasteiger partial charge is 0.340 e. The molecule has 0 unspecified atom stereocenters. The Bertz CT molecular complexity index is 700. The number of benzene rings is 1. The summed E-state index contributed by atoms with van der Waals surface area (Å²) < 4.78 is 5.30. The van der Waals surface area contributed by atoms with E-state index in [0.29, 0.717) is 29.7 Å². The first-order chi connectivity index (χ1) is 12.1. The van der Waals surface area contributed by atoms with Gasteiger partial charge in [0, 0.05) is 0 Å². The third-order valence-electron chi connectivity index (χ3n) is 6.02. The normalized spacial score (nSPS) is 30.0. The van der Waals surface area contributed by atoms with Gasteiger partial charge in [0.2, 0.25) is 11.8 Å². The molecule has 1 heterocycles. The molecule has 1 aliphatic heterocycles. The molecule has 0 aromatic heterocycles. The first kappa shape index (κ1) is 16.3. The fourth-order valence-corrected chi connectivity index (χ4v) is 4.87. The molecule has 3 aliphatic rings. The number of para-hydroxylation sites is 1. The molecule has 0 N–H and O–H groups in total. The van der Waals surface area contributed by atoms with Gasteiger partial charge in [-0.15, -0.1) is 0 Å². The van der Waals surface area contributed by atoms with Crippen molar-refractivity contribution in [3.8, 4) is 0 Å². The van der Waals surface area contributed by atoms with E-state index < -0.39 is 5.97 Å². The van der Waals surface area contributed by atoms with Crippen molar-refractivity contribution in [2.24, 2.45) is 23.7 Å². The van der Waals surface area contributed by atoms with Gasteiger partial charge in [-0.1, -0.05) is 25.5 Å². The van der Waals surface area contributed by atoms with Crippen molar-refractivity contribution < 1.29 is 19.1 Å². The Labute approximate surface area is 147 Å². The third-order valence-corrected chi connectivity index (χ3v) is 6.02. The summed E-state index contributed by atoms with van der Waals surface area (Å²) in [6, 6.07) is 6.79. The standard InChI is InChI=1S/C20H23NO4/c1-2-3-10-25-20(24)14-6-4-5-7-15(14)21-18(22)16-12-8-9-13(11-12)17(16)19(21)23/h4-7,12-13,16-17H,2-3,8-11H2,1H3/t12-,13+,16-,17-/m0/s1. The van der Waals surface area contributed by atoms with Gasteiger partial charge in [0.05, 0.1) is 29.7 Å². The van der Waals surface area contributed by atoms with E-state index in [1.54, 1.807) is 24.3 Å². The van der Waals surface area contributed by atoms with Crippen LogP contribution in [0.4, 0.5) is 5.69 Å². The second kappa shape index (κ2) is 6.28. The Balaban J connectivity index is 1.63. The predicted octanol–water partition coefficient (Wildman–Crippen LogP) is 3.18. The maximum absolute atomic E-state index is 13.0. The molecule has 0 radical (unpaired) electrons. The first-order valence-electron chi connectivity index (χ1n) is 9.27. The van der Waals surface area contributed by atoms with Gasteiger partial charge in [-0.2, -0.15) is 0 Å². The molecule has 2 amide bonds. The number of unbranched alkanes of at least 4 members (excludes halogenated alkanes) is 1. The van der Waals surface area contributed by atoms with Crippen LogP contribution in [0.3, 0.4) is 0 Å². The number of rotatable bonds is 5. The molecule has 25 heavy (non-hydrogen) atoms. The number of esters is 1. The van der Waals surface area contributed by atoms with Crippen molar-refractivity contribution in [3.63, 3.8) is 0 Å². The number of nitrogens with zero attached hydrogens (tertiary/aromatic N) is 1. The molecule has 2 bridgehead atoms. The highest BCUT2D eigenvalue weighted by molar-refractivity contribution is 6.24. The fourth-order valence-electron chi connectivity index (χ4n) is 4.87. The van der Waals surface area contributed by atoms with Crippen LogP contribution in [0.25, 0.3) is 0 Å². The van der Waals surface area contributed by atoms with Crippen LogP contribution in [0.1, 0.15) is 49.4 Å². The van der Waals surface area contributed by atoms with E-state index in [1.807, 2.05) is 6.92 Å². The molecule has 5 nitrogen and oxygen atoms in total. The first-order valence-corrected chi connectivity index (χ1v) is 9.27. The van der Waals surface area contributed by atoms with E-state index in [0.717, 1.165) is 32.1 Å². The number of hydrogen-bond acceptors (Lipinski definition) is 4. The Hall–Kier alpha value is -2.17. The molecular weight excluding hydrogens is 318 g/mol. The number of anilines is 1. The lowest BCUT2D eigenvalue weighted by atomic mass is 9.81. The van der Waals surface area contributed by atoms with Crippen LogP contribution in [0.2, 0.25) is 0 Å². The summed E-state index contributed by atoms with van der Waals surface area (Å²) in [5.41, 5.74) is 0.681. The maximum Gasteiger partial charge on any atom is 0.340 e. The maximum atomic E-state index is 13.0. The van der Waals surface area contributed by atoms with Gasteiger partial charge in [0.15, 0.2) is 0 Å². The highest BCUT2D eigenvalue weighted by Crippen LogP contribution is 2.56. The topological polar surface area (TPSA) is 63.7 Å². The quantitative estimate of drug-likeness (QED) is 0.469. The molecule has 1 saturated heterocycles. The van der Waals surface area contributed by atoms with Crippen molar-refractivity contribution in [1.82, 2.24) is 0 Å². The summed E-state index contributed by atoms with van der Waals surface area (Å²) in [5.74, 6) is -0.428. The number of amides is 2. The Morgan fingerprint density at radius 2 is 1.76 bits per heavy atom. The van der Waals surface area contributed by atoms with Gasteiger partial charge in [0.25, 0.3) is 0 Å². The Morgan fingerprint density at radius 3 is 2.40 bits per heavy atom. The molecule has 1 aromatic carbocycles.